The standard InChI is InChI=1S/C21H26N2O5/c1-6-28-19(24)14-7-10-16(11-8-14)22-20(25)23-21(2,3)15-9-12-17(26-4)18(13-15)27-5/h7-13H,6H2,1-5H3,(H2,22,23,25). The van der Waals surface area contributed by atoms with E-state index >= 15 is 0 Å². The maximum absolute atomic E-state index is 12.4. The van der Waals surface area contributed by atoms with E-state index in [4.69, 9.17) is 14.2 Å². The van der Waals surface area contributed by atoms with Gasteiger partial charge in [-0.15, -0.1) is 0 Å². The number of hydrogen-bond acceptors (Lipinski definition) is 5. The normalized spacial score (nSPS) is 10.8. The third-order valence-corrected chi connectivity index (χ3v) is 4.19. The topological polar surface area (TPSA) is 85.9 Å². The molecular weight excluding hydrogens is 360 g/mol. The van der Waals surface area contributed by atoms with Crippen LogP contribution in [0.5, 0.6) is 11.5 Å². The molecule has 2 aromatic carbocycles. The Bertz CT molecular complexity index is 831. The predicted octanol–water partition coefficient (Wildman–Crippen LogP) is 3.94. The van der Waals surface area contributed by atoms with Crippen LogP contribution in [-0.2, 0) is 10.3 Å². The van der Waals surface area contributed by atoms with Crippen molar-refractivity contribution in [2.75, 3.05) is 26.1 Å². The van der Waals surface area contributed by atoms with Crippen molar-refractivity contribution >= 4 is 17.7 Å². The van der Waals surface area contributed by atoms with Gasteiger partial charge in [-0.1, -0.05) is 6.07 Å². The molecule has 0 aliphatic carbocycles. The summed E-state index contributed by atoms with van der Waals surface area (Å²) >= 11 is 0. The van der Waals surface area contributed by atoms with Crippen LogP contribution < -0.4 is 20.1 Å². The summed E-state index contributed by atoms with van der Waals surface area (Å²) in [6.07, 6.45) is 0. The van der Waals surface area contributed by atoms with Crippen LogP contribution in [0.4, 0.5) is 10.5 Å². The number of carbonyl (C=O) groups excluding carboxylic acids is 2. The number of ether oxygens (including phenoxy) is 3. The molecule has 2 aromatic rings. The van der Waals surface area contributed by atoms with Crippen LogP contribution in [0.1, 0.15) is 36.7 Å². The first-order chi connectivity index (χ1) is 13.3. The lowest BCUT2D eigenvalue weighted by Crippen LogP contribution is -2.43. The number of carbonyl (C=O) groups is 2. The Morgan fingerprint density at radius 1 is 0.964 bits per heavy atom. The van der Waals surface area contributed by atoms with Crippen LogP contribution in [-0.4, -0.2) is 32.8 Å². The third kappa shape index (κ3) is 5.16. The Kier molecular flexibility index (Phi) is 6.87. The van der Waals surface area contributed by atoms with Crippen LogP contribution in [0.3, 0.4) is 0 Å². The summed E-state index contributed by atoms with van der Waals surface area (Å²) in [6, 6.07) is 11.6. The van der Waals surface area contributed by atoms with Gasteiger partial charge in [0.05, 0.1) is 31.9 Å². The van der Waals surface area contributed by atoms with Crippen LogP contribution in [0.15, 0.2) is 42.5 Å². The number of hydrogen-bond donors (Lipinski definition) is 2. The van der Waals surface area contributed by atoms with Crippen molar-refractivity contribution in [1.82, 2.24) is 5.32 Å². The summed E-state index contributed by atoms with van der Waals surface area (Å²) in [5.41, 5.74) is 1.19. The average molecular weight is 386 g/mol. The second-order valence-electron chi connectivity index (χ2n) is 6.57. The molecule has 2 rings (SSSR count). The largest absolute Gasteiger partial charge is 0.493 e. The molecule has 0 heterocycles. The van der Waals surface area contributed by atoms with Crippen LogP contribution in [0.2, 0.25) is 0 Å². The average Bonchev–Trinajstić information content (AvgIpc) is 2.67. The minimum atomic E-state index is -0.658. The summed E-state index contributed by atoms with van der Waals surface area (Å²) in [6.45, 7) is 5.83. The summed E-state index contributed by atoms with van der Waals surface area (Å²) in [7, 11) is 3.14. The fourth-order valence-corrected chi connectivity index (χ4v) is 2.65. The number of methoxy groups -OCH3 is 2. The highest BCUT2D eigenvalue weighted by atomic mass is 16.5. The quantitative estimate of drug-likeness (QED) is 0.704. The number of benzene rings is 2. The fourth-order valence-electron chi connectivity index (χ4n) is 2.65. The minimum absolute atomic E-state index is 0.312. The molecule has 0 bridgehead atoms. The highest BCUT2D eigenvalue weighted by Gasteiger charge is 2.24. The van der Waals surface area contributed by atoms with Gasteiger partial charge in [0.1, 0.15) is 0 Å². The maximum Gasteiger partial charge on any atom is 0.338 e. The van der Waals surface area contributed by atoms with Gasteiger partial charge in [-0.3, -0.25) is 0 Å². The van der Waals surface area contributed by atoms with Crippen molar-refractivity contribution in [3.05, 3.63) is 53.6 Å². The van der Waals surface area contributed by atoms with Crippen molar-refractivity contribution in [2.24, 2.45) is 0 Å². The van der Waals surface area contributed by atoms with E-state index in [1.807, 2.05) is 26.0 Å². The molecule has 7 nitrogen and oxygen atoms in total. The molecule has 2 N–H and O–H groups in total. The molecule has 0 aromatic heterocycles. The summed E-state index contributed by atoms with van der Waals surface area (Å²) in [5, 5.41) is 5.69. The molecule has 0 unspecified atom stereocenters. The van der Waals surface area contributed by atoms with Crippen LogP contribution in [0, 0.1) is 0 Å². The molecule has 7 heteroatoms. The summed E-state index contributed by atoms with van der Waals surface area (Å²) in [4.78, 5) is 24.1. The molecule has 0 saturated heterocycles. The van der Waals surface area contributed by atoms with Gasteiger partial charge in [0.15, 0.2) is 11.5 Å². The molecule has 28 heavy (non-hydrogen) atoms. The predicted molar refractivity (Wildman–Crippen MR) is 107 cm³/mol. The number of nitrogens with one attached hydrogen (secondary N) is 2. The third-order valence-electron chi connectivity index (χ3n) is 4.19. The lowest BCUT2D eigenvalue weighted by molar-refractivity contribution is 0.0526. The van der Waals surface area contributed by atoms with E-state index in [0.717, 1.165) is 5.56 Å². The zero-order valence-corrected chi connectivity index (χ0v) is 16.8. The Labute approximate surface area is 165 Å². The van der Waals surface area contributed by atoms with Crippen molar-refractivity contribution in [3.8, 4) is 11.5 Å². The van der Waals surface area contributed by atoms with E-state index in [1.54, 1.807) is 51.5 Å². The highest BCUT2D eigenvalue weighted by molar-refractivity contribution is 5.92. The second kappa shape index (κ2) is 9.12. The Hall–Kier alpha value is -3.22. The molecule has 0 aliphatic heterocycles. The molecule has 0 atom stereocenters. The minimum Gasteiger partial charge on any atom is -0.493 e. The molecule has 150 valence electrons. The number of esters is 1. The van der Waals surface area contributed by atoms with Crippen molar-refractivity contribution < 1.29 is 23.8 Å². The first-order valence-corrected chi connectivity index (χ1v) is 8.89. The SMILES string of the molecule is CCOC(=O)c1ccc(NC(=O)NC(C)(C)c2ccc(OC)c(OC)c2)cc1. The Morgan fingerprint density at radius 3 is 2.18 bits per heavy atom. The molecular formula is C21H26N2O5. The molecule has 0 aliphatic rings. The van der Waals surface area contributed by atoms with Gasteiger partial charge >= 0.3 is 12.0 Å². The smallest absolute Gasteiger partial charge is 0.338 e. The van der Waals surface area contributed by atoms with Gasteiger partial charge in [-0.25, -0.2) is 9.59 Å². The van der Waals surface area contributed by atoms with Crippen LogP contribution >= 0.6 is 0 Å². The summed E-state index contributed by atoms with van der Waals surface area (Å²) < 4.78 is 15.5. The van der Waals surface area contributed by atoms with Gasteiger partial charge in [-0.05, 0) is 62.7 Å². The lowest BCUT2D eigenvalue weighted by Gasteiger charge is -2.27. The fraction of sp³-hybridized carbons (Fsp3) is 0.333. The first-order valence-electron chi connectivity index (χ1n) is 8.89. The molecule has 0 radical (unpaired) electrons. The number of amides is 2. The highest BCUT2D eigenvalue weighted by Crippen LogP contribution is 2.32. The number of urea groups is 1. The van der Waals surface area contributed by atoms with E-state index in [-0.39, 0.29) is 6.03 Å². The lowest BCUT2D eigenvalue weighted by atomic mass is 9.94. The number of anilines is 1. The summed E-state index contributed by atoms with van der Waals surface area (Å²) in [5.74, 6) is 0.811. The Morgan fingerprint density at radius 2 is 1.61 bits per heavy atom. The van der Waals surface area contributed by atoms with E-state index in [1.165, 1.54) is 0 Å². The molecule has 2 amide bonds. The van der Waals surface area contributed by atoms with Gasteiger partial charge in [0.2, 0.25) is 0 Å². The van der Waals surface area contributed by atoms with Crippen molar-refractivity contribution in [2.45, 2.75) is 26.3 Å². The van der Waals surface area contributed by atoms with Crippen molar-refractivity contribution in [3.63, 3.8) is 0 Å². The molecule has 0 fully saturated rings. The van der Waals surface area contributed by atoms with Gasteiger partial charge < -0.3 is 24.8 Å². The number of rotatable bonds is 7. The van der Waals surface area contributed by atoms with Crippen LogP contribution in [0.25, 0.3) is 0 Å². The van der Waals surface area contributed by atoms with Crippen molar-refractivity contribution in [1.29, 1.82) is 0 Å². The zero-order valence-electron chi connectivity index (χ0n) is 16.8. The van der Waals surface area contributed by atoms with Gasteiger partial charge in [0, 0.05) is 5.69 Å². The monoisotopic (exact) mass is 386 g/mol. The van der Waals surface area contributed by atoms with E-state index in [2.05, 4.69) is 10.6 Å². The maximum atomic E-state index is 12.4. The molecule has 0 saturated carbocycles. The zero-order chi connectivity index (χ0) is 20.7. The first kappa shape index (κ1) is 21.1. The van der Waals surface area contributed by atoms with E-state index in [0.29, 0.717) is 29.4 Å². The Balaban J connectivity index is 2.06. The van der Waals surface area contributed by atoms with E-state index in [9.17, 15) is 9.59 Å². The van der Waals surface area contributed by atoms with Gasteiger partial charge in [0.25, 0.3) is 0 Å². The molecule has 0 spiro atoms. The second-order valence-corrected chi connectivity index (χ2v) is 6.57. The van der Waals surface area contributed by atoms with E-state index < -0.39 is 11.5 Å². The van der Waals surface area contributed by atoms with Gasteiger partial charge in [-0.2, -0.15) is 0 Å².